The molecule has 0 atom stereocenters. The Kier molecular flexibility index (Phi) is 5.96. The molecule has 4 aromatic rings. The van der Waals surface area contributed by atoms with E-state index in [2.05, 4.69) is 18.4 Å². The van der Waals surface area contributed by atoms with E-state index in [9.17, 15) is 17.6 Å². The van der Waals surface area contributed by atoms with Crippen molar-refractivity contribution in [1.29, 1.82) is 0 Å². The third kappa shape index (κ3) is 4.35. The number of hydrogen-bond donors (Lipinski definition) is 0. The van der Waals surface area contributed by atoms with Crippen LogP contribution in [0.3, 0.4) is 0 Å². The molecule has 0 heterocycles. The molecule has 0 amide bonds. The molecule has 0 bridgehead atoms. The zero-order chi connectivity index (χ0) is 22.7. The Morgan fingerprint density at radius 1 is 0.750 bits per heavy atom. The lowest BCUT2D eigenvalue weighted by molar-refractivity contribution is 0.358. The SMILES string of the molecule is C=CCOc1cc(F)c(-c2ccc(C#Cc3ccc4c(F)c(F)ccc4c3)cc2)c(F)c1. The van der Waals surface area contributed by atoms with E-state index in [0.717, 1.165) is 18.2 Å². The lowest BCUT2D eigenvalue weighted by atomic mass is 10.0. The minimum Gasteiger partial charge on any atom is -0.489 e. The normalized spacial score (nSPS) is 10.5. The minimum atomic E-state index is -0.900. The lowest BCUT2D eigenvalue weighted by Crippen LogP contribution is -1.97. The lowest BCUT2D eigenvalue weighted by Gasteiger charge is -2.09. The molecule has 0 radical (unpaired) electrons. The summed E-state index contributed by atoms with van der Waals surface area (Å²) in [5.74, 6) is 2.74. The molecule has 1 nitrogen and oxygen atoms in total. The molecule has 0 saturated heterocycles. The van der Waals surface area contributed by atoms with Crippen molar-refractivity contribution >= 4 is 10.8 Å². The molecule has 0 spiro atoms. The Bertz CT molecular complexity index is 1360. The summed E-state index contributed by atoms with van der Waals surface area (Å²) in [4.78, 5) is 0. The summed E-state index contributed by atoms with van der Waals surface area (Å²) in [7, 11) is 0. The van der Waals surface area contributed by atoms with Crippen LogP contribution in [-0.4, -0.2) is 6.61 Å². The molecule has 4 rings (SSSR count). The van der Waals surface area contributed by atoms with Crippen LogP contribution < -0.4 is 4.74 Å². The Morgan fingerprint density at radius 2 is 1.41 bits per heavy atom. The summed E-state index contributed by atoms with van der Waals surface area (Å²) >= 11 is 0. The third-order valence-corrected chi connectivity index (χ3v) is 4.82. The van der Waals surface area contributed by atoms with E-state index < -0.39 is 23.3 Å². The van der Waals surface area contributed by atoms with E-state index in [1.165, 1.54) is 18.2 Å². The number of fused-ring (bicyclic) bond motifs is 1. The number of benzene rings is 4. The van der Waals surface area contributed by atoms with Gasteiger partial charge in [0.2, 0.25) is 0 Å². The third-order valence-electron chi connectivity index (χ3n) is 4.82. The molecule has 32 heavy (non-hydrogen) atoms. The summed E-state index contributed by atoms with van der Waals surface area (Å²) in [6.45, 7) is 3.64. The zero-order valence-corrected chi connectivity index (χ0v) is 16.8. The van der Waals surface area contributed by atoms with Gasteiger partial charge in [0, 0.05) is 28.6 Å². The van der Waals surface area contributed by atoms with Gasteiger partial charge in [-0.25, -0.2) is 17.6 Å². The highest BCUT2D eigenvalue weighted by atomic mass is 19.2. The summed E-state index contributed by atoms with van der Waals surface area (Å²) in [6, 6.07) is 16.0. The van der Waals surface area contributed by atoms with Gasteiger partial charge in [0.15, 0.2) is 11.6 Å². The number of ether oxygens (including phenoxy) is 1. The van der Waals surface area contributed by atoms with E-state index in [0.29, 0.717) is 22.1 Å². The second-order valence-corrected chi connectivity index (χ2v) is 6.99. The first-order valence-electron chi connectivity index (χ1n) is 9.69. The first-order valence-corrected chi connectivity index (χ1v) is 9.69. The summed E-state index contributed by atoms with van der Waals surface area (Å²) in [6.07, 6.45) is 1.49. The molecule has 4 aromatic carbocycles. The van der Waals surface area contributed by atoms with Gasteiger partial charge in [-0.05, 0) is 41.3 Å². The molecule has 0 aliphatic carbocycles. The minimum absolute atomic E-state index is 0.0872. The average molecular weight is 432 g/mol. The first-order chi connectivity index (χ1) is 15.5. The van der Waals surface area contributed by atoms with E-state index in [1.807, 2.05) is 0 Å². The highest BCUT2D eigenvalue weighted by molar-refractivity contribution is 5.84. The smallest absolute Gasteiger partial charge is 0.166 e. The largest absolute Gasteiger partial charge is 0.489 e. The van der Waals surface area contributed by atoms with E-state index in [-0.39, 0.29) is 23.3 Å². The Balaban J connectivity index is 1.58. The maximum Gasteiger partial charge on any atom is 0.166 e. The molecule has 5 heteroatoms. The molecule has 0 fully saturated rings. The zero-order valence-electron chi connectivity index (χ0n) is 16.8. The number of rotatable bonds is 4. The van der Waals surface area contributed by atoms with Crippen molar-refractivity contribution in [2.24, 2.45) is 0 Å². The van der Waals surface area contributed by atoms with Crippen LogP contribution in [0.15, 0.2) is 79.4 Å². The molecular formula is C27H16F4O. The molecular weight excluding hydrogens is 416 g/mol. The molecule has 0 unspecified atom stereocenters. The maximum atomic E-state index is 14.5. The van der Waals surface area contributed by atoms with Crippen molar-refractivity contribution in [3.05, 3.63) is 114 Å². The highest BCUT2D eigenvalue weighted by Gasteiger charge is 2.14. The molecule has 0 aliphatic rings. The van der Waals surface area contributed by atoms with E-state index in [1.54, 1.807) is 36.4 Å². The maximum absolute atomic E-state index is 14.5. The second kappa shape index (κ2) is 8.99. The molecule has 0 N–H and O–H groups in total. The Hall–Kier alpha value is -4.04. The van der Waals surface area contributed by atoms with Gasteiger partial charge in [-0.15, -0.1) is 0 Å². The van der Waals surface area contributed by atoms with Gasteiger partial charge >= 0.3 is 0 Å². The van der Waals surface area contributed by atoms with Crippen LogP contribution in [0.25, 0.3) is 21.9 Å². The average Bonchev–Trinajstić information content (AvgIpc) is 2.79. The monoisotopic (exact) mass is 432 g/mol. The van der Waals surface area contributed by atoms with Gasteiger partial charge in [-0.1, -0.05) is 48.8 Å². The Morgan fingerprint density at radius 3 is 2.09 bits per heavy atom. The first kappa shape index (κ1) is 21.2. The summed E-state index contributed by atoms with van der Waals surface area (Å²) in [5, 5.41) is 0.724. The van der Waals surface area contributed by atoms with Crippen LogP contribution in [0.2, 0.25) is 0 Å². The van der Waals surface area contributed by atoms with Crippen molar-refractivity contribution in [2.75, 3.05) is 6.61 Å². The fraction of sp³-hybridized carbons (Fsp3) is 0.0370. The summed E-state index contributed by atoms with van der Waals surface area (Å²) < 4.78 is 61.2. The molecule has 158 valence electrons. The quantitative estimate of drug-likeness (QED) is 0.191. The van der Waals surface area contributed by atoms with E-state index in [4.69, 9.17) is 4.74 Å². The van der Waals surface area contributed by atoms with Crippen LogP contribution >= 0.6 is 0 Å². The highest BCUT2D eigenvalue weighted by Crippen LogP contribution is 2.30. The predicted octanol–water partition coefficient (Wildman–Crippen LogP) is 7.03. The number of hydrogen-bond acceptors (Lipinski definition) is 1. The Labute approximate surface area is 182 Å². The van der Waals surface area contributed by atoms with Crippen molar-refractivity contribution in [2.45, 2.75) is 0 Å². The van der Waals surface area contributed by atoms with Gasteiger partial charge in [0.1, 0.15) is 24.0 Å². The van der Waals surface area contributed by atoms with Crippen LogP contribution in [0.4, 0.5) is 17.6 Å². The van der Waals surface area contributed by atoms with Crippen molar-refractivity contribution in [1.82, 2.24) is 0 Å². The number of halogens is 4. The topological polar surface area (TPSA) is 9.23 Å². The second-order valence-electron chi connectivity index (χ2n) is 6.99. The van der Waals surface area contributed by atoms with Crippen LogP contribution in [-0.2, 0) is 0 Å². The fourth-order valence-corrected chi connectivity index (χ4v) is 3.27. The van der Waals surface area contributed by atoms with Crippen molar-refractivity contribution in [3.8, 4) is 28.7 Å². The molecule has 0 aliphatic heterocycles. The van der Waals surface area contributed by atoms with Crippen molar-refractivity contribution < 1.29 is 22.3 Å². The summed E-state index contributed by atoms with van der Waals surface area (Å²) in [5.41, 5.74) is 1.47. The van der Waals surface area contributed by atoms with Crippen molar-refractivity contribution in [3.63, 3.8) is 0 Å². The fourth-order valence-electron chi connectivity index (χ4n) is 3.27. The predicted molar refractivity (Wildman–Crippen MR) is 117 cm³/mol. The van der Waals surface area contributed by atoms with Crippen LogP contribution in [0.5, 0.6) is 5.75 Å². The van der Waals surface area contributed by atoms with Gasteiger partial charge in [-0.3, -0.25) is 0 Å². The molecule has 0 aromatic heterocycles. The van der Waals surface area contributed by atoms with Gasteiger partial charge in [0.25, 0.3) is 0 Å². The van der Waals surface area contributed by atoms with Gasteiger partial charge in [0.05, 0.1) is 5.56 Å². The standard InChI is InChI=1S/C27H16F4O/c1-2-13-32-21-15-24(29)26(25(30)16-21)19-8-5-17(6-9-19)3-4-18-7-11-22-20(14-18)10-12-23(28)27(22)31/h2,5-12,14-16H,1,13H2. The van der Waals surface area contributed by atoms with Gasteiger partial charge < -0.3 is 4.74 Å². The van der Waals surface area contributed by atoms with Crippen LogP contribution in [0, 0.1) is 35.1 Å². The molecule has 0 saturated carbocycles. The van der Waals surface area contributed by atoms with Gasteiger partial charge in [-0.2, -0.15) is 0 Å². The van der Waals surface area contributed by atoms with Crippen LogP contribution in [0.1, 0.15) is 11.1 Å². The van der Waals surface area contributed by atoms with E-state index >= 15 is 0 Å².